The molecule has 0 unspecified atom stereocenters. The van der Waals surface area contributed by atoms with Crippen molar-refractivity contribution < 1.29 is 19.1 Å². The van der Waals surface area contributed by atoms with Gasteiger partial charge in [0, 0.05) is 25.4 Å². The lowest BCUT2D eigenvalue weighted by Gasteiger charge is -2.35. The predicted molar refractivity (Wildman–Crippen MR) is 82.6 cm³/mol. The Bertz CT molecular complexity index is 622. The molecule has 2 aliphatic rings. The number of carboxylic acids is 1. The van der Waals surface area contributed by atoms with Crippen molar-refractivity contribution in [2.75, 3.05) is 19.6 Å². The Balaban J connectivity index is 1.97. The number of likely N-dealkylation sites (tertiary alicyclic amines) is 1. The summed E-state index contributed by atoms with van der Waals surface area (Å²) in [4.78, 5) is 25.0. The van der Waals surface area contributed by atoms with E-state index in [1.807, 2.05) is 0 Å². The average Bonchev–Trinajstić information content (AvgIpc) is 2.69. The van der Waals surface area contributed by atoms with E-state index >= 15 is 0 Å². The van der Waals surface area contributed by atoms with Crippen molar-refractivity contribution in [2.24, 2.45) is 0 Å². The SMILES string of the molecule is O=C(O)CN1C[C@@H](c2ccccc2F)[C@@]2(CCCCC(=O)N2)C1. The first-order valence-electron chi connectivity index (χ1n) is 8.00. The van der Waals surface area contributed by atoms with Crippen molar-refractivity contribution in [1.82, 2.24) is 10.2 Å². The van der Waals surface area contributed by atoms with Gasteiger partial charge in [-0.15, -0.1) is 0 Å². The Kier molecular flexibility index (Phi) is 4.35. The minimum absolute atomic E-state index is 0.0268. The maximum absolute atomic E-state index is 14.3. The molecule has 0 bridgehead atoms. The number of aliphatic carboxylic acids is 1. The Labute approximate surface area is 134 Å². The largest absolute Gasteiger partial charge is 0.480 e. The highest BCUT2D eigenvalue weighted by Gasteiger charge is 2.49. The van der Waals surface area contributed by atoms with Gasteiger partial charge in [0.15, 0.2) is 0 Å². The molecular weight excluding hydrogens is 299 g/mol. The number of rotatable bonds is 3. The maximum atomic E-state index is 14.3. The molecule has 0 aromatic heterocycles. The third kappa shape index (κ3) is 3.22. The molecule has 6 heteroatoms. The van der Waals surface area contributed by atoms with E-state index < -0.39 is 11.5 Å². The summed E-state index contributed by atoms with van der Waals surface area (Å²) in [6.07, 6.45) is 2.92. The fourth-order valence-corrected chi connectivity index (χ4v) is 3.98. The standard InChI is InChI=1S/C17H21FN2O3/c18-14-6-2-1-5-12(14)13-9-20(10-16(22)23)11-17(13)8-4-3-7-15(21)19-17/h1-2,5-6,13H,3-4,7-11H2,(H,19,21)(H,22,23)/t13-,17+/m0/s1. The Morgan fingerprint density at radius 1 is 1.39 bits per heavy atom. The molecule has 3 rings (SSSR count). The number of nitrogens with zero attached hydrogens (tertiary/aromatic N) is 1. The summed E-state index contributed by atoms with van der Waals surface area (Å²) in [7, 11) is 0. The lowest BCUT2D eigenvalue weighted by Crippen LogP contribution is -2.52. The van der Waals surface area contributed by atoms with Crippen LogP contribution in [0.25, 0.3) is 0 Å². The molecule has 2 fully saturated rings. The zero-order chi connectivity index (χ0) is 16.4. The minimum Gasteiger partial charge on any atom is -0.480 e. The van der Waals surface area contributed by atoms with E-state index in [4.69, 9.17) is 5.11 Å². The Hall–Kier alpha value is -1.95. The minimum atomic E-state index is -0.908. The number of carbonyl (C=O) groups is 2. The summed E-state index contributed by atoms with van der Waals surface area (Å²) in [5, 5.41) is 12.2. The first kappa shape index (κ1) is 15.9. The van der Waals surface area contributed by atoms with Crippen molar-refractivity contribution >= 4 is 11.9 Å². The van der Waals surface area contributed by atoms with Crippen LogP contribution in [-0.4, -0.2) is 47.1 Å². The fraction of sp³-hybridized carbons (Fsp3) is 0.529. The van der Waals surface area contributed by atoms with E-state index in [2.05, 4.69) is 5.32 Å². The molecule has 1 aromatic rings. The van der Waals surface area contributed by atoms with Crippen LogP contribution in [0.2, 0.25) is 0 Å². The molecular formula is C17H21FN2O3. The van der Waals surface area contributed by atoms with E-state index in [1.54, 1.807) is 23.1 Å². The van der Waals surface area contributed by atoms with Crippen molar-refractivity contribution in [3.63, 3.8) is 0 Å². The second-order valence-corrected chi connectivity index (χ2v) is 6.55. The summed E-state index contributed by atoms with van der Waals surface area (Å²) in [5.74, 6) is -1.46. The average molecular weight is 320 g/mol. The van der Waals surface area contributed by atoms with Gasteiger partial charge in [-0.05, 0) is 24.5 Å². The summed E-state index contributed by atoms with van der Waals surface area (Å²) in [6, 6.07) is 6.58. The zero-order valence-corrected chi connectivity index (χ0v) is 12.9. The van der Waals surface area contributed by atoms with Crippen LogP contribution in [0.15, 0.2) is 24.3 Å². The van der Waals surface area contributed by atoms with Gasteiger partial charge in [0.1, 0.15) is 5.82 Å². The van der Waals surface area contributed by atoms with Gasteiger partial charge >= 0.3 is 5.97 Å². The zero-order valence-electron chi connectivity index (χ0n) is 12.9. The maximum Gasteiger partial charge on any atom is 0.317 e. The molecule has 0 aliphatic carbocycles. The summed E-state index contributed by atoms with van der Waals surface area (Å²) >= 11 is 0. The van der Waals surface area contributed by atoms with Crippen LogP contribution in [-0.2, 0) is 9.59 Å². The van der Waals surface area contributed by atoms with Crippen molar-refractivity contribution in [3.05, 3.63) is 35.6 Å². The molecule has 124 valence electrons. The van der Waals surface area contributed by atoms with Gasteiger partial charge in [-0.2, -0.15) is 0 Å². The molecule has 1 amide bonds. The molecule has 1 aromatic carbocycles. The fourth-order valence-electron chi connectivity index (χ4n) is 3.98. The molecule has 5 nitrogen and oxygen atoms in total. The quantitative estimate of drug-likeness (QED) is 0.890. The monoisotopic (exact) mass is 320 g/mol. The Morgan fingerprint density at radius 2 is 2.17 bits per heavy atom. The summed E-state index contributed by atoms with van der Waals surface area (Å²) in [5.41, 5.74) is -0.0202. The smallest absolute Gasteiger partial charge is 0.317 e. The number of hydrogen-bond acceptors (Lipinski definition) is 3. The van der Waals surface area contributed by atoms with Crippen LogP contribution in [0, 0.1) is 5.82 Å². The Morgan fingerprint density at radius 3 is 2.91 bits per heavy atom. The van der Waals surface area contributed by atoms with Crippen LogP contribution in [0.1, 0.15) is 37.2 Å². The lowest BCUT2D eigenvalue weighted by atomic mass is 9.78. The normalized spacial score (nSPS) is 28.6. The number of benzene rings is 1. The van der Waals surface area contributed by atoms with Crippen molar-refractivity contribution in [2.45, 2.75) is 37.1 Å². The molecule has 1 spiro atoms. The van der Waals surface area contributed by atoms with E-state index in [-0.39, 0.29) is 24.2 Å². The molecule has 2 aliphatic heterocycles. The van der Waals surface area contributed by atoms with Crippen LogP contribution < -0.4 is 5.32 Å². The molecule has 2 saturated heterocycles. The molecule has 2 heterocycles. The first-order valence-corrected chi connectivity index (χ1v) is 8.00. The van der Waals surface area contributed by atoms with Crippen LogP contribution in [0.3, 0.4) is 0 Å². The van der Waals surface area contributed by atoms with E-state index in [0.29, 0.717) is 25.1 Å². The number of carboxylic acid groups (broad SMARTS) is 1. The number of nitrogens with one attached hydrogen (secondary N) is 1. The predicted octanol–water partition coefficient (Wildman–Crippen LogP) is 1.74. The summed E-state index contributed by atoms with van der Waals surface area (Å²) < 4.78 is 14.3. The van der Waals surface area contributed by atoms with Gasteiger partial charge < -0.3 is 10.4 Å². The number of halogens is 1. The number of hydrogen-bond donors (Lipinski definition) is 2. The second kappa shape index (κ2) is 6.28. The topological polar surface area (TPSA) is 69.6 Å². The van der Waals surface area contributed by atoms with Gasteiger partial charge in [-0.1, -0.05) is 24.6 Å². The van der Waals surface area contributed by atoms with Crippen LogP contribution in [0.4, 0.5) is 4.39 Å². The molecule has 0 saturated carbocycles. The van der Waals surface area contributed by atoms with E-state index in [1.165, 1.54) is 6.07 Å². The van der Waals surface area contributed by atoms with Gasteiger partial charge in [0.25, 0.3) is 0 Å². The van der Waals surface area contributed by atoms with E-state index in [0.717, 1.165) is 19.3 Å². The number of amides is 1. The van der Waals surface area contributed by atoms with Gasteiger partial charge in [-0.25, -0.2) is 4.39 Å². The van der Waals surface area contributed by atoms with Crippen molar-refractivity contribution in [1.29, 1.82) is 0 Å². The highest BCUT2D eigenvalue weighted by molar-refractivity contribution is 5.77. The molecule has 2 atom stereocenters. The van der Waals surface area contributed by atoms with Gasteiger partial charge in [0.05, 0.1) is 12.1 Å². The van der Waals surface area contributed by atoms with Crippen LogP contribution in [0.5, 0.6) is 0 Å². The van der Waals surface area contributed by atoms with Crippen molar-refractivity contribution in [3.8, 4) is 0 Å². The van der Waals surface area contributed by atoms with Gasteiger partial charge in [-0.3, -0.25) is 14.5 Å². The summed E-state index contributed by atoms with van der Waals surface area (Å²) in [6.45, 7) is 0.792. The molecule has 2 N–H and O–H groups in total. The third-order valence-corrected chi connectivity index (χ3v) is 4.92. The molecule has 0 radical (unpaired) electrons. The second-order valence-electron chi connectivity index (χ2n) is 6.55. The molecule has 23 heavy (non-hydrogen) atoms. The third-order valence-electron chi connectivity index (χ3n) is 4.92. The first-order chi connectivity index (χ1) is 11.0. The van der Waals surface area contributed by atoms with Gasteiger partial charge in [0.2, 0.25) is 5.91 Å². The number of carbonyl (C=O) groups excluding carboxylic acids is 1. The lowest BCUT2D eigenvalue weighted by molar-refractivity contribution is -0.138. The van der Waals surface area contributed by atoms with E-state index in [9.17, 15) is 14.0 Å². The van der Waals surface area contributed by atoms with Crippen LogP contribution >= 0.6 is 0 Å². The highest BCUT2D eigenvalue weighted by Crippen LogP contribution is 2.41. The highest BCUT2D eigenvalue weighted by atomic mass is 19.1.